The van der Waals surface area contributed by atoms with Crippen molar-refractivity contribution in [1.29, 1.82) is 0 Å². The average Bonchev–Trinajstić information content (AvgIpc) is 2.81. The van der Waals surface area contributed by atoms with Crippen LogP contribution in [0.2, 0.25) is 0 Å². The number of nitro groups is 1. The van der Waals surface area contributed by atoms with E-state index in [1.807, 2.05) is 60.7 Å². The molecule has 0 radical (unpaired) electrons. The Bertz CT molecular complexity index is 954. The van der Waals surface area contributed by atoms with Gasteiger partial charge in [0.25, 0.3) is 5.69 Å². The summed E-state index contributed by atoms with van der Waals surface area (Å²) >= 11 is 0. The Balaban J connectivity index is 1.73. The van der Waals surface area contributed by atoms with E-state index in [4.69, 9.17) is 0 Å². The van der Waals surface area contributed by atoms with Gasteiger partial charge in [-0.25, -0.2) is 0 Å². The quantitative estimate of drug-likeness (QED) is 0.363. The van der Waals surface area contributed by atoms with Gasteiger partial charge in [0.05, 0.1) is 17.6 Å². The smallest absolute Gasteiger partial charge is 0.269 e. The first-order chi connectivity index (χ1) is 15.0. The van der Waals surface area contributed by atoms with Crippen molar-refractivity contribution in [1.82, 2.24) is 5.32 Å². The maximum Gasteiger partial charge on any atom is 0.269 e. The molecule has 3 aromatic carbocycles. The van der Waals surface area contributed by atoms with Crippen LogP contribution in [-0.4, -0.2) is 33.7 Å². The van der Waals surface area contributed by atoms with Crippen molar-refractivity contribution >= 4 is 11.6 Å². The summed E-state index contributed by atoms with van der Waals surface area (Å²) < 4.78 is 0. The maximum atomic E-state index is 12.8. The number of nitrogens with one attached hydrogen (secondary N) is 1. The van der Waals surface area contributed by atoms with Crippen LogP contribution in [0, 0.1) is 10.1 Å². The number of hydrogen-bond donors (Lipinski definition) is 3. The number of hydrogen-bond acceptors (Lipinski definition) is 5. The zero-order valence-electron chi connectivity index (χ0n) is 16.8. The van der Waals surface area contributed by atoms with E-state index in [1.165, 1.54) is 24.3 Å². The summed E-state index contributed by atoms with van der Waals surface area (Å²) in [5.41, 5.74) is 2.24. The van der Waals surface area contributed by atoms with Crippen molar-refractivity contribution in [2.45, 2.75) is 24.5 Å². The van der Waals surface area contributed by atoms with Crippen LogP contribution < -0.4 is 5.32 Å². The van der Waals surface area contributed by atoms with Gasteiger partial charge in [-0.2, -0.15) is 0 Å². The van der Waals surface area contributed by atoms with Crippen LogP contribution in [0.5, 0.6) is 0 Å². The summed E-state index contributed by atoms with van der Waals surface area (Å²) in [5.74, 6) is -0.504. The van der Waals surface area contributed by atoms with Gasteiger partial charge in [-0.05, 0) is 28.8 Å². The number of aliphatic hydroxyl groups excluding tert-OH is 2. The van der Waals surface area contributed by atoms with Crippen molar-refractivity contribution in [3.63, 3.8) is 0 Å². The molecule has 0 aliphatic heterocycles. The fraction of sp³-hybridized carbons (Fsp3) is 0.208. The normalized spacial score (nSPS) is 12.9. The minimum absolute atomic E-state index is 0.103. The summed E-state index contributed by atoms with van der Waals surface area (Å²) in [4.78, 5) is 23.1. The Morgan fingerprint density at radius 3 is 1.84 bits per heavy atom. The average molecular weight is 420 g/mol. The van der Waals surface area contributed by atoms with Crippen molar-refractivity contribution < 1.29 is 19.9 Å². The fourth-order valence-corrected chi connectivity index (χ4v) is 3.50. The molecule has 7 heteroatoms. The minimum Gasteiger partial charge on any atom is -0.394 e. The number of nitrogens with zero attached hydrogens (tertiary/aromatic N) is 1. The first kappa shape index (κ1) is 22.1. The highest BCUT2D eigenvalue weighted by Gasteiger charge is 2.25. The molecule has 0 aliphatic rings. The summed E-state index contributed by atoms with van der Waals surface area (Å²) in [6.07, 6.45) is -1.07. The molecule has 0 heterocycles. The van der Waals surface area contributed by atoms with E-state index in [-0.39, 0.29) is 23.9 Å². The van der Waals surface area contributed by atoms with E-state index in [9.17, 15) is 25.1 Å². The van der Waals surface area contributed by atoms with Crippen LogP contribution in [0.25, 0.3) is 0 Å². The maximum absolute atomic E-state index is 12.8. The molecule has 3 aromatic rings. The lowest BCUT2D eigenvalue weighted by Crippen LogP contribution is -2.42. The molecule has 1 amide bonds. The van der Waals surface area contributed by atoms with Gasteiger partial charge in [-0.15, -0.1) is 0 Å². The summed E-state index contributed by atoms with van der Waals surface area (Å²) in [6.45, 7) is -0.481. The van der Waals surface area contributed by atoms with Crippen LogP contribution in [0.15, 0.2) is 84.9 Å². The van der Waals surface area contributed by atoms with Crippen molar-refractivity contribution in [3.05, 3.63) is 112 Å². The van der Waals surface area contributed by atoms with Crippen LogP contribution in [0.4, 0.5) is 5.69 Å². The molecule has 0 unspecified atom stereocenters. The lowest BCUT2D eigenvalue weighted by Gasteiger charge is -2.24. The highest BCUT2D eigenvalue weighted by atomic mass is 16.6. The van der Waals surface area contributed by atoms with Gasteiger partial charge in [0.15, 0.2) is 0 Å². The molecule has 0 aliphatic carbocycles. The van der Waals surface area contributed by atoms with Gasteiger partial charge in [-0.3, -0.25) is 14.9 Å². The third-order valence-corrected chi connectivity index (χ3v) is 5.16. The molecule has 0 saturated heterocycles. The van der Waals surface area contributed by atoms with E-state index < -0.39 is 23.7 Å². The second-order valence-electron chi connectivity index (χ2n) is 7.23. The Hall–Kier alpha value is -3.55. The van der Waals surface area contributed by atoms with E-state index in [2.05, 4.69) is 5.32 Å². The number of aliphatic hydroxyl groups is 2. The molecule has 160 valence electrons. The second-order valence-corrected chi connectivity index (χ2v) is 7.23. The van der Waals surface area contributed by atoms with Crippen LogP contribution in [0.1, 0.15) is 35.1 Å². The fourth-order valence-electron chi connectivity index (χ4n) is 3.50. The third-order valence-electron chi connectivity index (χ3n) is 5.16. The summed E-state index contributed by atoms with van der Waals surface area (Å²) in [7, 11) is 0. The predicted molar refractivity (Wildman–Crippen MR) is 116 cm³/mol. The molecule has 0 bridgehead atoms. The van der Waals surface area contributed by atoms with Crippen LogP contribution in [0.3, 0.4) is 0 Å². The Labute approximate surface area is 180 Å². The molecular weight excluding hydrogens is 396 g/mol. The van der Waals surface area contributed by atoms with Gasteiger partial charge in [0.1, 0.15) is 6.10 Å². The molecule has 0 fully saturated rings. The molecular formula is C24H24N2O5. The molecule has 2 atom stereocenters. The number of benzene rings is 3. The van der Waals surface area contributed by atoms with E-state index >= 15 is 0 Å². The number of carbonyl (C=O) groups excluding carboxylic acids is 1. The number of non-ortho nitro benzene ring substituents is 1. The number of amides is 1. The topological polar surface area (TPSA) is 113 Å². The molecule has 0 aromatic heterocycles. The SMILES string of the molecule is O=C(CC(c1ccccc1)c1ccccc1)N[C@H](CO)[C@@H](O)c1ccc([N+](=O)[O-])cc1. The van der Waals surface area contributed by atoms with Crippen LogP contribution in [-0.2, 0) is 4.79 Å². The highest BCUT2D eigenvalue weighted by molar-refractivity contribution is 5.78. The number of carbonyl (C=O) groups is 1. The second kappa shape index (κ2) is 10.5. The van der Waals surface area contributed by atoms with Crippen molar-refractivity contribution in [2.75, 3.05) is 6.61 Å². The van der Waals surface area contributed by atoms with Crippen LogP contribution >= 0.6 is 0 Å². The lowest BCUT2D eigenvalue weighted by molar-refractivity contribution is -0.384. The van der Waals surface area contributed by atoms with Crippen molar-refractivity contribution in [3.8, 4) is 0 Å². The van der Waals surface area contributed by atoms with Crippen molar-refractivity contribution in [2.24, 2.45) is 0 Å². The van der Waals surface area contributed by atoms with E-state index in [0.29, 0.717) is 5.56 Å². The molecule has 0 spiro atoms. The number of rotatable bonds is 9. The molecule has 31 heavy (non-hydrogen) atoms. The Morgan fingerprint density at radius 2 is 1.39 bits per heavy atom. The zero-order valence-corrected chi connectivity index (χ0v) is 16.8. The van der Waals surface area contributed by atoms with E-state index in [0.717, 1.165) is 11.1 Å². The van der Waals surface area contributed by atoms with Gasteiger partial charge in [0, 0.05) is 24.5 Å². The molecule has 0 saturated carbocycles. The Kier molecular flexibility index (Phi) is 7.48. The zero-order chi connectivity index (χ0) is 22.2. The van der Waals surface area contributed by atoms with Gasteiger partial charge in [-0.1, -0.05) is 60.7 Å². The third kappa shape index (κ3) is 5.75. The summed E-state index contributed by atoms with van der Waals surface area (Å²) in [5, 5.41) is 33.8. The molecule has 7 nitrogen and oxygen atoms in total. The highest BCUT2D eigenvalue weighted by Crippen LogP contribution is 2.28. The largest absolute Gasteiger partial charge is 0.394 e. The summed E-state index contributed by atoms with van der Waals surface area (Å²) in [6, 6.07) is 23.7. The first-order valence-corrected chi connectivity index (χ1v) is 9.92. The monoisotopic (exact) mass is 420 g/mol. The lowest BCUT2D eigenvalue weighted by atomic mass is 9.88. The Morgan fingerprint density at radius 1 is 0.871 bits per heavy atom. The van der Waals surface area contributed by atoms with E-state index in [1.54, 1.807) is 0 Å². The molecule has 3 rings (SSSR count). The molecule has 3 N–H and O–H groups in total. The van der Waals surface area contributed by atoms with Gasteiger partial charge >= 0.3 is 0 Å². The minimum atomic E-state index is -1.21. The predicted octanol–water partition coefficient (Wildman–Crippen LogP) is 3.33. The first-order valence-electron chi connectivity index (χ1n) is 9.92. The number of nitro benzene ring substituents is 1. The van der Waals surface area contributed by atoms with Gasteiger partial charge < -0.3 is 15.5 Å². The standard InChI is InChI=1S/C24H24N2O5/c27-16-22(24(29)19-11-13-20(14-12-19)26(30)31)25-23(28)15-21(17-7-3-1-4-8-17)18-9-5-2-6-10-18/h1-14,21-22,24,27,29H,15-16H2,(H,25,28)/t22-,24+/m1/s1. The van der Waals surface area contributed by atoms with Gasteiger partial charge in [0.2, 0.25) is 5.91 Å².